The Bertz CT molecular complexity index is 555. The zero-order valence-corrected chi connectivity index (χ0v) is 9.23. The Labute approximate surface area is 97.0 Å². The highest BCUT2D eigenvalue weighted by molar-refractivity contribution is 9.10. The number of carboxylic acid groups (broad SMARTS) is 1. The van der Waals surface area contributed by atoms with E-state index in [1.165, 1.54) is 12.1 Å². The van der Waals surface area contributed by atoms with Crippen molar-refractivity contribution in [3.8, 4) is 11.5 Å². The van der Waals surface area contributed by atoms with Crippen LogP contribution in [0, 0.1) is 5.82 Å². The lowest BCUT2D eigenvalue weighted by Crippen LogP contribution is -1.98. The fraction of sp³-hybridized carbons (Fsp3) is 0. The summed E-state index contributed by atoms with van der Waals surface area (Å²) in [6.45, 7) is 0. The maximum absolute atomic E-state index is 13.4. The summed E-state index contributed by atoms with van der Waals surface area (Å²) in [5.41, 5.74) is 0.0585. The van der Waals surface area contributed by atoms with Crippen LogP contribution in [0.5, 0.6) is 0 Å². The molecule has 0 fully saturated rings. The molecule has 16 heavy (non-hydrogen) atoms. The number of aromatic nitrogens is 2. The van der Waals surface area contributed by atoms with E-state index >= 15 is 0 Å². The average molecular weight is 287 g/mol. The van der Waals surface area contributed by atoms with E-state index in [2.05, 4.69) is 30.6 Å². The van der Waals surface area contributed by atoms with Gasteiger partial charge >= 0.3 is 5.97 Å². The molecule has 5 nitrogen and oxygen atoms in total. The van der Waals surface area contributed by atoms with Crippen LogP contribution in [0.1, 0.15) is 10.6 Å². The predicted octanol–water partition coefficient (Wildman–Crippen LogP) is 2.34. The first-order valence-corrected chi connectivity index (χ1v) is 4.89. The summed E-state index contributed by atoms with van der Waals surface area (Å²) in [5, 5.41) is 11.8. The van der Waals surface area contributed by atoms with Gasteiger partial charge in [-0.3, -0.25) is 0 Å². The summed E-state index contributed by atoms with van der Waals surface area (Å²) in [6.07, 6.45) is 0. The van der Waals surface area contributed by atoms with Crippen LogP contribution < -0.4 is 0 Å². The molecule has 0 amide bonds. The van der Waals surface area contributed by atoms with Gasteiger partial charge in [0.1, 0.15) is 5.82 Å². The van der Waals surface area contributed by atoms with Crippen molar-refractivity contribution in [2.24, 2.45) is 0 Å². The van der Waals surface area contributed by atoms with Crippen molar-refractivity contribution in [2.75, 3.05) is 0 Å². The topological polar surface area (TPSA) is 76.2 Å². The number of rotatable bonds is 2. The minimum atomic E-state index is -1.33. The number of carboxylic acids is 1. The van der Waals surface area contributed by atoms with Gasteiger partial charge in [-0.15, -0.1) is 0 Å². The van der Waals surface area contributed by atoms with Gasteiger partial charge in [0.15, 0.2) is 0 Å². The predicted molar refractivity (Wildman–Crippen MR) is 54.4 cm³/mol. The Hall–Kier alpha value is -1.76. The van der Waals surface area contributed by atoms with Crippen molar-refractivity contribution in [3.05, 3.63) is 34.3 Å². The van der Waals surface area contributed by atoms with Gasteiger partial charge in [-0.2, -0.15) is 4.98 Å². The van der Waals surface area contributed by atoms with Crippen molar-refractivity contribution in [2.45, 2.75) is 0 Å². The third-order valence-corrected chi connectivity index (χ3v) is 2.27. The number of hydrogen-bond donors (Lipinski definition) is 1. The SMILES string of the molecule is O=C(O)c1noc(-c2ccc(Br)cc2F)n1. The van der Waals surface area contributed by atoms with Gasteiger partial charge in [0.05, 0.1) is 5.56 Å². The van der Waals surface area contributed by atoms with Gasteiger partial charge in [0.2, 0.25) is 0 Å². The Balaban J connectivity index is 2.46. The lowest BCUT2D eigenvalue weighted by atomic mass is 10.2. The summed E-state index contributed by atoms with van der Waals surface area (Å²) in [6, 6.07) is 4.22. The van der Waals surface area contributed by atoms with E-state index in [0.717, 1.165) is 0 Å². The monoisotopic (exact) mass is 286 g/mol. The Morgan fingerprint density at radius 1 is 1.50 bits per heavy atom. The molecule has 1 heterocycles. The Morgan fingerprint density at radius 2 is 2.25 bits per heavy atom. The Morgan fingerprint density at radius 3 is 2.81 bits per heavy atom. The van der Waals surface area contributed by atoms with E-state index in [0.29, 0.717) is 4.47 Å². The molecular formula is C9H4BrFN2O3. The normalized spacial score (nSPS) is 10.4. The minimum absolute atomic E-state index is 0.0585. The summed E-state index contributed by atoms with van der Waals surface area (Å²) in [5.74, 6) is -2.57. The zero-order valence-electron chi connectivity index (χ0n) is 7.65. The average Bonchev–Trinajstić information content (AvgIpc) is 2.66. The molecule has 0 spiro atoms. The van der Waals surface area contributed by atoms with Crippen molar-refractivity contribution in [1.29, 1.82) is 0 Å². The van der Waals surface area contributed by atoms with Crippen LogP contribution in [0.15, 0.2) is 27.2 Å². The van der Waals surface area contributed by atoms with Crippen molar-refractivity contribution >= 4 is 21.9 Å². The molecule has 1 aromatic heterocycles. The first kappa shape index (κ1) is 10.7. The molecule has 0 bridgehead atoms. The largest absolute Gasteiger partial charge is 0.475 e. The molecule has 0 unspecified atom stereocenters. The number of halogens is 2. The van der Waals surface area contributed by atoms with E-state index in [-0.39, 0.29) is 11.5 Å². The highest BCUT2D eigenvalue weighted by Crippen LogP contribution is 2.23. The van der Waals surface area contributed by atoms with Crippen LogP contribution in [-0.4, -0.2) is 21.2 Å². The van der Waals surface area contributed by atoms with E-state index < -0.39 is 17.6 Å². The molecule has 2 aromatic rings. The second-order valence-electron chi connectivity index (χ2n) is 2.85. The molecule has 0 aliphatic heterocycles. The van der Waals surface area contributed by atoms with Crippen molar-refractivity contribution in [1.82, 2.24) is 10.1 Å². The molecule has 0 atom stereocenters. The first-order chi connectivity index (χ1) is 7.58. The van der Waals surface area contributed by atoms with Crippen LogP contribution in [-0.2, 0) is 0 Å². The van der Waals surface area contributed by atoms with Gasteiger partial charge in [0.25, 0.3) is 11.7 Å². The molecule has 0 aliphatic rings. The van der Waals surface area contributed by atoms with Crippen LogP contribution in [0.25, 0.3) is 11.5 Å². The highest BCUT2D eigenvalue weighted by atomic mass is 79.9. The van der Waals surface area contributed by atoms with E-state index in [1.54, 1.807) is 6.07 Å². The minimum Gasteiger partial charge on any atom is -0.475 e. The summed E-state index contributed by atoms with van der Waals surface area (Å²) in [7, 11) is 0. The number of aromatic carboxylic acids is 1. The van der Waals surface area contributed by atoms with Crippen LogP contribution >= 0.6 is 15.9 Å². The third-order valence-electron chi connectivity index (χ3n) is 1.78. The second kappa shape index (κ2) is 4.01. The summed E-state index contributed by atoms with van der Waals surface area (Å²) in [4.78, 5) is 14.0. The van der Waals surface area contributed by atoms with E-state index in [9.17, 15) is 9.18 Å². The molecule has 1 aromatic carbocycles. The number of carbonyl (C=O) groups is 1. The quantitative estimate of drug-likeness (QED) is 0.917. The van der Waals surface area contributed by atoms with Gasteiger partial charge in [-0.1, -0.05) is 15.9 Å². The maximum Gasteiger partial charge on any atom is 0.377 e. The van der Waals surface area contributed by atoms with E-state index in [4.69, 9.17) is 5.11 Å². The molecule has 2 rings (SSSR count). The highest BCUT2D eigenvalue weighted by Gasteiger charge is 2.16. The maximum atomic E-state index is 13.4. The van der Waals surface area contributed by atoms with Crippen molar-refractivity contribution < 1.29 is 18.8 Å². The molecular weight excluding hydrogens is 283 g/mol. The lowest BCUT2D eigenvalue weighted by molar-refractivity contribution is 0.0680. The molecule has 0 aliphatic carbocycles. The third kappa shape index (κ3) is 1.94. The molecule has 1 N–H and O–H groups in total. The van der Waals surface area contributed by atoms with Gasteiger partial charge in [0, 0.05) is 4.47 Å². The molecule has 0 saturated heterocycles. The fourth-order valence-electron chi connectivity index (χ4n) is 1.08. The molecule has 0 radical (unpaired) electrons. The van der Waals surface area contributed by atoms with Crippen LogP contribution in [0.4, 0.5) is 4.39 Å². The Kier molecular flexibility index (Phi) is 2.69. The smallest absolute Gasteiger partial charge is 0.377 e. The van der Waals surface area contributed by atoms with Crippen molar-refractivity contribution in [3.63, 3.8) is 0 Å². The second-order valence-corrected chi connectivity index (χ2v) is 3.77. The van der Waals surface area contributed by atoms with Gasteiger partial charge in [-0.25, -0.2) is 9.18 Å². The number of nitrogens with zero attached hydrogens (tertiary/aromatic N) is 2. The fourth-order valence-corrected chi connectivity index (χ4v) is 1.42. The molecule has 0 saturated carbocycles. The lowest BCUT2D eigenvalue weighted by Gasteiger charge is -1.96. The standard InChI is InChI=1S/C9H4BrFN2O3/c10-4-1-2-5(6(11)3-4)8-12-7(9(14)15)13-16-8/h1-3H,(H,14,15). The number of hydrogen-bond acceptors (Lipinski definition) is 4. The summed E-state index contributed by atoms with van der Waals surface area (Å²) < 4.78 is 18.6. The molecule has 82 valence electrons. The van der Waals surface area contributed by atoms with E-state index in [1.807, 2.05) is 0 Å². The summed E-state index contributed by atoms with van der Waals surface area (Å²) >= 11 is 3.10. The number of benzene rings is 1. The van der Waals surface area contributed by atoms with Gasteiger partial charge < -0.3 is 9.63 Å². The van der Waals surface area contributed by atoms with Gasteiger partial charge in [-0.05, 0) is 23.4 Å². The zero-order chi connectivity index (χ0) is 11.7. The molecule has 7 heteroatoms. The van der Waals surface area contributed by atoms with Crippen LogP contribution in [0.2, 0.25) is 0 Å². The first-order valence-electron chi connectivity index (χ1n) is 4.10. The van der Waals surface area contributed by atoms with Crippen LogP contribution in [0.3, 0.4) is 0 Å².